The van der Waals surface area contributed by atoms with E-state index in [0.29, 0.717) is 23.0 Å². The third kappa shape index (κ3) is 6.22. The summed E-state index contributed by atoms with van der Waals surface area (Å²) < 4.78 is 1.64. The van der Waals surface area contributed by atoms with E-state index in [1.807, 2.05) is 12.3 Å². The van der Waals surface area contributed by atoms with Gasteiger partial charge in [0.2, 0.25) is 5.91 Å². The number of thioether (sulfide) groups is 1. The molecule has 3 aromatic rings. The van der Waals surface area contributed by atoms with Crippen LogP contribution >= 0.6 is 35.0 Å². The van der Waals surface area contributed by atoms with Gasteiger partial charge in [0.1, 0.15) is 6.04 Å². The van der Waals surface area contributed by atoms with Crippen molar-refractivity contribution in [3.8, 4) is 5.82 Å². The Labute approximate surface area is 194 Å². The molecule has 162 valence electrons. The maximum Gasteiger partial charge on any atom is 0.253 e. The second-order valence-electron chi connectivity index (χ2n) is 6.59. The lowest BCUT2D eigenvalue weighted by Gasteiger charge is -2.19. The van der Waals surface area contributed by atoms with Gasteiger partial charge in [0.15, 0.2) is 5.82 Å². The van der Waals surface area contributed by atoms with Gasteiger partial charge in [-0.15, -0.1) is 0 Å². The van der Waals surface area contributed by atoms with E-state index >= 15 is 0 Å². The van der Waals surface area contributed by atoms with Crippen molar-refractivity contribution in [3.63, 3.8) is 0 Å². The van der Waals surface area contributed by atoms with E-state index in [1.165, 1.54) is 12.1 Å². The molecular formula is C21H21Cl2N5O2S. The molecule has 0 radical (unpaired) electrons. The minimum atomic E-state index is -0.712. The molecule has 1 unspecified atom stereocenters. The maximum absolute atomic E-state index is 12.9. The Kier molecular flexibility index (Phi) is 8.34. The topological polar surface area (TPSA) is 88.9 Å². The molecule has 0 saturated heterocycles. The van der Waals surface area contributed by atoms with Crippen LogP contribution in [0.4, 0.5) is 0 Å². The predicted molar refractivity (Wildman–Crippen MR) is 124 cm³/mol. The van der Waals surface area contributed by atoms with Gasteiger partial charge in [0.25, 0.3) is 5.91 Å². The number of nitrogens with zero attached hydrogens (tertiary/aromatic N) is 3. The Morgan fingerprint density at radius 3 is 2.74 bits per heavy atom. The first-order valence-electron chi connectivity index (χ1n) is 9.46. The molecule has 1 aromatic carbocycles. The van der Waals surface area contributed by atoms with E-state index in [9.17, 15) is 9.59 Å². The highest BCUT2D eigenvalue weighted by molar-refractivity contribution is 7.98. The first kappa shape index (κ1) is 23.1. The van der Waals surface area contributed by atoms with Gasteiger partial charge >= 0.3 is 0 Å². The molecule has 7 nitrogen and oxygen atoms in total. The molecule has 2 amide bonds. The monoisotopic (exact) mass is 477 g/mol. The van der Waals surface area contributed by atoms with Crippen molar-refractivity contribution in [1.82, 2.24) is 25.4 Å². The summed E-state index contributed by atoms with van der Waals surface area (Å²) in [6.07, 6.45) is 7.53. The zero-order valence-corrected chi connectivity index (χ0v) is 19.0. The lowest BCUT2D eigenvalue weighted by molar-refractivity contribution is -0.123. The number of hydrogen-bond donors (Lipinski definition) is 2. The number of nitrogens with one attached hydrogen (secondary N) is 2. The average Bonchev–Trinajstić information content (AvgIpc) is 3.29. The molecule has 31 heavy (non-hydrogen) atoms. The van der Waals surface area contributed by atoms with Gasteiger partial charge in [-0.2, -0.15) is 16.9 Å². The largest absolute Gasteiger partial charge is 0.350 e. The van der Waals surface area contributed by atoms with E-state index in [2.05, 4.69) is 20.7 Å². The van der Waals surface area contributed by atoms with Gasteiger partial charge in [-0.25, -0.2) is 9.67 Å². The smallest absolute Gasteiger partial charge is 0.253 e. The fourth-order valence-electron chi connectivity index (χ4n) is 2.89. The summed E-state index contributed by atoms with van der Waals surface area (Å²) in [6.45, 7) is 0.245. The van der Waals surface area contributed by atoms with Crippen molar-refractivity contribution in [2.45, 2.75) is 19.0 Å². The van der Waals surface area contributed by atoms with Crippen molar-refractivity contribution in [3.05, 3.63) is 76.2 Å². The van der Waals surface area contributed by atoms with E-state index in [-0.39, 0.29) is 23.0 Å². The number of aromatic nitrogens is 3. The standard InChI is InChI=1S/C21H21Cl2N5O2S/c1-31-11-7-18(27-20(29)16-6-5-15(22)12-17(16)23)21(30)25-13-14-4-2-8-24-19(14)28-10-3-9-26-28/h2-6,8-10,12,18H,7,11,13H2,1H3,(H,25,30)(H,27,29). The van der Waals surface area contributed by atoms with E-state index < -0.39 is 11.9 Å². The van der Waals surface area contributed by atoms with Gasteiger partial charge in [0, 0.05) is 35.7 Å². The highest BCUT2D eigenvalue weighted by atomic mass is 35.5. The van der Waals surface area contributed by atoms with Gasteiger partial charge in [-0.05, 0) is 48.8 Å². The third-order valence-electron chi connectivity index (χ3n) is 4.45. The van der Waals surface area contributed by atoms with Gasteiger partial charge in [0.05, 0.1) is 10.6 Å². The Morgan fingerprint density at radius 2 is 2.03 bits per heavy atom. The number of pyridine rings is 1. The molecule has 0 fully saturated rings. The molecule has 2 heterocycles. The molecule has 2 N–H and O–H groups in total. The fourth-order valence-corrected chi connectivity index (χ4v) is 3.85. The summed E-state index contributed by atoms with van der Waals surface area (Å²) >= 11 is 13.6. The van der Waals surface area contributed by atoms with Crippen LogP contribution in [-0.4, -0.2) is 44.6 Å². The first-order valence-corrected chi connectivity index (χ1v) is 11.6. The number of benzene rings is 1. The normalized spacial score (nSPS) is 11.7. The minimum Gasteiger partial charge on any atom is -0.350 e. The third-order valence-corrected chi connectivity index (χ3v) is 5.64. The molecule has 3 rings (SSSR count). The van der Waals surface area contributed by atoms with Gasteiger partial charge < -0.3 is 10.6 Å². The molecule has 0 spiro atoms. The SMILES string of the molecule is CSCCC(NC(=O)c1ccc(Cl)cc1Cl)C(=O)NCc1cccnc1-n1cccn1. The number of carbonyl (C=O) groups is 2. The van der Waals surface area contributed by atoms with Crippen LogP contribution in [-0.2, 0) is 11.3 Å². The van der Waals surface area contributed by atoms with Crippen molar-refractivity contribution in [2.75, 3.05) is 12.0 Å². The predicted octanol–water partition coefficient (Wildman–Crippen LogP) is 3.74. The molecule has 10 heteroatoms. The number of carbonyl (C=O) groups excluding carboxylic acids is 2. The number of hydrogen-bond acceptors (Lipinski definition) is 5. The fraction of sp³-hybridized carbons (Fsp3) is 0.238. The second-order valence-corrected chi connectivity index (χ2v) is 8.42. The zero-order valence-electron chi connectivity index (χ0n) is 16.7. The maximum atomic E-state index is 12.9. The van der Waals surface area contributed by atoms with E-state index in [0.717, 1.165) is 5.56 Å². The van der Waals surface area contributed by atoms with Crippen molar-refractivity contribution >= 4 is 46.8 Å². The first-order chi connectivity index (χ1) is 15.0. The van der Waals surface area contributed by atoms with Crippen LogP contribution in [0.5, 0.6) is 0 Å². The van der Waals surface area contributed by atoms with Crippen LogP contribution in [0, 0.1) is 0 Å². The van der Waals surface area contributed by atoms with Crippen LogP contribution in [0.2, 0.25) is 10.0 Å². The molecule has 0 aliphatic rings. The number of amides is 2. The van der Waals surface area contributed by atoms with Gasteiger partial charge in [-0.1, -0.05) is 29.3 Å². The molecule has 2 aromatic heterocycles. The minimum absolute atomic E-state index is 0.230. The van der Waals surface area contributed by atoms with Crippen LogP contribution in [0.25, 0.3) is 5.82 Å². The molecule has 0 aliphatic carbocycles. The lowest BCUT2D eigenvalue weighted by Crippen LogP contribution is -2.47. The van der Waals surface area contributed by atoms with Crippen LogP contribution in [0.1, 0.15) is 22.3 Å². The molecule has 0 bridgehead atoms. The summed E-state index contributed by atoms with van der Waals surface area (Å²) in [4.78, 5) is 29.9. The number of rotatable bonds is 9. The van der Waals surface area contributed by atoms with Crippen LogP contribution in [0.3, 0.4) is 0 Å². The molecule has 0 aliphatic heterocycles. The van der Waals surface area contributed by atoms with Crippen LogP contribution < -0.4 is 10.6 Å². The van der Waals surface area contributed by atoms with E-state index in [4.69, 9.17) is 23.2 Å². The Hall–Kier alpha value is -2.55. The second kappa shape index (κ2) is 11.2. The number of halogens is 2. The van der Waals surface area contributed by atoms with E-state index in [1.54, 1.807) is 53.2 Å². The van der Waals surface area contributed by atoms with Crippen molar-refractivity contribution in [2.24, 2.45) is 0 Å². The molecule has 0 saturated carbocycles. The summed E-state index contributed by atoms with van der Waals surface area (Å²) in [5, 5.41) is 10.5. The Morgan fingerprint density at radius 1 is 1.19 bits per heavy atom. The summed E-state index contributed by atoms with van der Waals surface area (Å²) in [6, 6.07) is 9.36. The Bertz CT molecular complexity index is 1050. The van der Waals surface area contributed by atoms with Crippen LogP contribution in [0.15, 0.2) is 55.0 Å². The molecule has 1 atom stereocenters. The average molecular weight is 478 g/mol. The lowest BCUT2D eigenvalue weighted by atomic mass is 10.1. The summed E-state index contributed by atoms with van der Waals surface area (Å²) in [5.74, 6) is 0.618. The van der Waals surface area contributed by atoms with Gasteiger partial charge in [-0.3, -0.25) is 9.59 Å². The highest BCUT2D eigenvalue weighted by Gasteiger charge is 2.22. The van der Waals surface area contributed by atoms with Crippen molar-refractivity contribution < 1.29 is 9.59 Å². The summed E-state index contributed by atoms with van der Waals surface area (Å²) in [7, 11) is 0. The highest BCUT2D eigenvalue weighted by Crippen LogP contribution is 2.21. The molecular weight excluding hydrogens is 457 g/mol. The van der Waals surface area contributed by atoms with Crippen molar-refractivity contribution in [1.29, 1.82) is 0 Å². The zero-order chi connectivity index (χ0) is 22.2. The summed E-state index contributed by atoms with van der Waals surface area (Å²) in [5.41, 5.74) is 1.07. The quantitative estimate of drug-likeness (QED) is 0.489. The Balaban J connectivity index is 1.70.